The molecule has 1 aliphatic heterocycles. The summed E-state index contributed by atoms with van der Waals surface area (Å²) < 4.78 is 11.5. The molecule has 1 saturated heterocycles. The molecule has 9 nitrogen and oxygen atoms in total. The van der Waals surface area contributed by atoms with E-state index >= 15 is 0 Å². The summed E-state index contributed by atoms with van der Waals surface area (Å²) in [7, 11) is 1.33. The lowest BCUT2D eigenvalue weighted by Gasteiger charge is -2.20. The second-order valence-corrected chi connectivity index (χ2v) is 4.42. The summed E-state index contributed by atoms with van der Waals surface area (Å²) in [5.74, 6) is 0. The first kappa shape index (κ1) is 14.9. The number of aliphatic hydroxyl groups is 3. The highest BCUT2D eigenvalue weighted by molar-refractivity contribution is 5.04. The zero-order chi connectivity index (χ0) is 14.9. The lowest BCUT2D eigenvalue weighted by atomic mass is 10.1. The molecule has 1 aromatic heterocycles. The molecule has 112 valence electrons. The van der Waals surface area contributed by atoms with Gasteiger partial charge < -0.3 is 24.8 Å². The van der Waals surface area contributed by atoms with E-state index in [1.165, 1.54) is 7.11 Å². The van der Waals surface area contributed by atoms with Crippen LogP contribution < -0.4 is 11.2 Å². The van der Waals surface area contributed by atoms with Crippen molar-refractivity contribution in [2.75, 3.05) is 13.7 Å². The lowest BCUT2D eigenvalue weighted by molar-refractivity contribution is -0.0627. The van der Waals surface area contributed by atoms with E-state index in [-0.39, 0.29) is 5.56 Å². The first-order valence-corrected chi connectivity index (χ1v) is 5.95. The van der Waals surface area contributed by atoms with Crippen molar-refractivity contribution in [3.63, 3.8) is 0 Å². The van der Waals surface area contributed by atoms with Crippen LogP contribution in [0.15, 0.2) is 15.8 Å². The molecule has 20 heavy (non-hydrogen) atoms. The Labute approximate surface area is 113 Å². The number of ether oxygens (including phenoxy) is 2. The predicted molar refractivity (Wildman–Crippen MR) is 65.0 cm³/mol. The van der Waals surface area contributed by atoms with Crippen LogP contribution in [0.4, 0.5) is 0 Å². The molecule has 2 heterocycles. The number of aliphatic hydroxyl groups excluding tert-OH is 3. The highest BCUT2D eigenvalue weighted by Crippen LogP contribution is 2.30. The van der Waals surface area contributed by atoms with Gasteiger partial charge in [0.1, 0.15) is 18.3 Å². The van der Waals surface area contributed by atoms with Gasteiger partial charge in [-0.2, -0.15) is 0 Å². The maximum atomic E-state index is 11.8. The molecule has 2 rings (SSSR count). The molecule has 1 unspecified atom stereocenters. The number of rotatable bonds is 4. The van der Waals surface area contributed by atoms with Crippen LogP contribution in [-0.4, -0.2) is 56.9 Å². The second-order valence-electron chi connectivity index (χ2n) is 4.42. The van der Waals surface area contributed by atoms with Crippen molar-refractivity contribution < 1.29 is 24.8 Å². The van der Waals surface area contributed by atoms with E-state index in [4.69, 9.17) is 19.7 Å². The van der Waals surface area contributed by atoms with Crippen molar-refractivity contribution in [1.29, 1.82) is 0 Å². The molecule has 0 bridgehead atoms. The third-order valence-corrected chi connectivity index (χ3v) is 3.25. The highest BCUT2D eigenvalue weighted by Gasteiger charge is 2.45. The minimum Gasteiger partial charge on any atom is -0.394 e. The van der Waals surface area contributed by atoms with Crippen LogP contribution in [0.1, 0.15) is 11.8 Å². The van der Waals surface area contributed by atoms with E-state index in [1.54, 1.807) is 0 Å². The molecule has 1 aromatic rings. The Morgan fingerprint density at radius 1 is 1.45 bits per heavy atom. The molecule has 1 fully saturated rings. The molecule has 1 aliphatic rings. The summed E-state index contributed by atoms with van der Waals surface area (Å²) in [6, 6.07) is 0. The van der Waals surface area contributed by atoms with Gasteiger partial charge >= 0.3 is 5.69 Å². The van der Waals surface area contributed by atoms with Gasteiger partial charge in [-0.3, -0.25) is 14.3 Å². The zero-order valence-corrected chi connectivity index (χ0v) is 10.7. The molecule has 0 saturated carbocycles. The van der Waals surface area contributed by atoms with Crippen molar-refractivity contribution in [2.45, 2.75) is 31.1 Å². The van der Waals surface area contributed by atoms with Crippen LogP contribution in [0.5, 0.6) is 0 Å². The molecule has 0 amide bonds. The first-order valence-electron chi connectivity index (χ1n) is 5.95. The van der Waals surface area contributed by atoms with E-state index in [9.17, 15) is 14.7 Å². The number of aromatic nitrogens is 2. The summed E-state index contributed by atoms with van der Waals surface area (Å²) in [5.41, 5.74) is -1.48. The topological polar surface area (TPSA) is 134 Å². The van der Waals surface area contributed by atoms with E-state index in [0.717, 1.165) is 10.8 Å². The monoisotopic (exact) mass is 288 g/mol. The normalized spacial score (nSPS) is 29.8. The lowest BCUT2D eigenvalue weighted by Crippen LogP contribution is -2.39. The minimum absolute atomic E-state index is 0.0232. The van der Waals surface area contributed by atoms with E-state index in [1.807, 2.05) is 4.98 Å². The van der Waals surface area contributed by atoms with Crippen LogP contribution in [0.2, 0.25) is 0 Å². The summed E-state index contributed by atoms with van der Waals surface area (Å²) in [4.78, 5) is 25.2. The van der Waals surface area contributed by atoms with Gasteiger partial charge in [-0.15, -0.1) is 0 Å². The van der Waals surface area contributed by atoms with Gasteiger partial charge in [-0.25, -0.2) is 4.79 Å². The Kier molecular flexibility index (Phi) is 4.35. The van der Waals surface area contributed by atoms with Gasteiger partial charge in [-0.05, 0) is 0 Å². The maximum Gasteiger partial charge on any atom is 0.330 e. The standard InChI is InChI=1S/C11H16N2O7/c1-19-8-7(16)6(4-15)20-10(8)13-2-5(3-14)9(17)12-11(13)18/h2,6-8,10,14-16H,3-4H2,1H3,(H,12,17,18)/t6-,7?,8+,10-/m1/s1. The van der Waals surface area contributed by atoms with Crippen molar-refractivity contribution in [3.05, 3.63) is 32.6 Å². The number of hydrogen-bond acceptors (Lipinski definition) is 7. The Hall–Kier alpha value is -1.52. The fraction of sp³-hybridized carbons (Fsp3) is 0.636. The van der Waals surface area contributed by atoms with E-state index < -0.39 is 49.0 Å². The average Bonchev–Trinajstić information content (AvgIpc) is 2.75. The number of aromatic amines is 1. The van der Waals surface area contributed by atoms with Gasteiger partial charge in [0, 0.05) is 13.3 Å². The van der Waals surface area contributed by atoms with Crippen molar-refractivity contribution >= 4 is 0 Å². The molecule has 0 radical (unpaired) electrons. The summed E-state index contributed by atoms with van der Waals surface area (Å²) in [6.07, 6.45) is -2.78. The van der Waals surface area contributed by atoms with Gasteiger partial charge in [0.05, 0.1) is 18.8 Å². The largest absolute Gasteiger partial charge is 0.394 e. The summed E-state index contributed by atoms with van der Waals surface area (Å²) in [6.45, 7) is -0.992. The van der Waals surface area contributed by atoms with Gasteiger partial charge in [0.2, 0.25) is 0 Å². The van der Waals surface area contributed by atoms with Crippen molar-refractivity contribution in [2.24, 2.45) is 0 Å². The fourth-order valence-corrected chi connectivity index (χ4v) is 2.18. The SMILES string of the molecule is CO[C@H]1C(O)[C@@H](CO)O[C@H]1n1cc(CO)c(=O)[nH]c1=O. The van der Waals surface area contributed by atoms with Gasteiger partial charge in [0.15, 0.2) is 6.23 Å². The second kappa shape index (κ2) is 5.85. The molecule has 0 aliphatic carbocycles. The molecule has 4 N–H and O–H groups in total. The third-order valence-electron chi connectivity index (χ3n) is 3.25. The Balaban J connectivity index is 2.45. The highest BCUT2D eigenvalue weighted by atomic mass is 16.6. The third kappa shape index (κ3) is 2.41. The van der Waals surface area contributed by atoms with Crippen LogP contribution in [0, 0.1) is 0 Å². The van der Waals surface area contributed by atoms with Gasteiger partial charge in [0.25, 0.3) is 5.56 Å². The van der Waals surface area contributed by atoms with Gasteiger partial charge in [-0.1, -0.05) is 0 Å². The first-order chi connectivity index (χ1) is 9.53. The number of nitrogens with zero attached hydrogens (tertiary/aromatic N) is 1. The smallest absolute Gasteiger partial charge is 0.330 e. The fourth-order valence-electron chi connectivity index (χ4n) is 2.18. The number of hydrogen-bond donors (Lipinski definition) is 4. The average molecular weight is 288 g/mol. The predicted octanol–water partition coefficient (Wildman–Crippen LogP) is -2.71. The molecule has 0 spiro atoms. The van der Waals surface area contributed by atoms with E-state index in [2.05, 4.69) is 0 Å². The molecule has 9 heteroatoms. The van der Waals surface area contributed by atoms with Crippen LogP contribution in [0.3, 0.4) is 0 Å². The van der Waals surface area contributed by atoms with Crippen LogP contribution in [0.25, 0.3) is 0 Å². The molecular weight excluding hydrogens is 272 g/mol. The van der Waals surface area contributed by atoms with Crippen molar-refractivity contribution in [1.82, 2.24) is 9.55 Å². The number of nitrogens with one attached hydrogen (secondary N) is 1. The zero-order valence-electron chi connectivity index (χ0n) is 10.7. The quantitative estimate of drug-likeness (QED) is 0.473. The number of H-pyrrole nitrogens is 1. The summed E-state index contributed by atoms with van der Waals surface area (Å²) >= 11 is 0. The Morgan fingerprint density at radius 2 is 2.15 bits per heavy atom. The minimum atomic E-state index is -1.12. The Bertz CT molecular complexity index is 581. The summed E-state index contributed by atoms with van der Waals surface area (Å²) in [5, 5.41) is 28.1. The molecule has 4 atom stereocenters. The van der Waals surface area contributed by atoms with Crippen LogP contribution in [-0.2, 0) is 16.1 Å². The maximum absolute atomic E-state index is 11.8. The van der Waals surface area contributed by atoms with E-state index in [0.29, 0.717) is 0 Å². The van der Waals surface area contributed by atoms with Crippen LogP contribution >= 0.6 is 0 Å². The molecule has 0 aromatic carbocycles. The Morgan fingerprint density at radius 3 is 2.70 bits per heavy atom. The molecular formula is C11H16N2O7. The van der Waals surface area contributed by atoms with Crippen molar-refractivity contribution in [3.8, 4) is 0 Å². The number of methoxy groups -OCH3 is 1.